The summed E-state index contributed by atoms with van der Waals surface area (Å²) in [6.07, 6.45) is 0.864. The lowest BCUT2D eigenvalue weighted by atomic mass is 9.78. The molecule has 6 heteroatoms. The van der Waals surface area contributed by atoms with Crippen molar-refractivity contribution in [3.05, 3.63) is 137 Å². The lowest BCUT2D eigenvalue weighted by Crippen LogP contribution is -2.38. The summed E-state index contributed by atoms with van der Waals surface area (Å²) in [6.45, 7) is 0. The molecular formula is C33H27FN2O3. The number of amides is 1. The van der Waals surface area contributed by atoms with Gasteiger partial charge in [-0.1, -0.05) is 54.6 Å². The van der Waals surface area contributed by atoms with E-state index in [0.717, 1.165) is 22.7 Å². The quantitative estimate of drug-likeness (QED) is 0.315. The molecule has 4 aromatic rings. The molecule has 0 radical (unpaired) electrons. The van der Waals surface area contributed by atoms with Gasteiger partial charge in [-0.05, 0) is 72.0 Å². The van der Waals surface area contributed by atoms with Crippen LogP contribution in [0.15, 0.2) is 114 Å². The third-order valence-electron chi connectivity index (χ3n) is 7.48. The molecule has 1 aliphatic carbocycles. The van der Waals surface area contributed by atoms with Gasteiger partial charge in [-0.3, -0.25) is 14.5 Å². The average molecular weight is 519 g/mol. The molecule has 1 N–H and O–H groups in total. The summed E-state index contributed by atoms with van der Waals surface area (Å²) >= 11 is 0. The molecule has 0 saturated heterocycles. The number of carbonyl (C=O) groups excluding carboxylic acids is 2. The van der Waals surface area contributed by atoms with E-state index in [2.05, 4.69) is 5.32 Å². The van der Waals surface area contributed by atoms with Crippen LogP contribution in [0.25, 0.3) is 0 Å². The number of anilines is 2. The summed E-state index contributed by atoms with van der Waals surface area (Å²) in [5.41, 5.74) is 4.87. The first-order valence-corrected chi connectivity index (χ1v) is 12.9. The number of hydrogen-bond donors (Lipinski definition) is 1. The highest BCUT2D eigenvalue weighted by Crippen LogP contribution is 2.48. The summed E-state index contributed by atoms with van der Waals surface area (Å²) in [6, 6.07) is 29.7. The number of methoxy groups -OCH3 is 1. The molecule has 0 fully saturated rings. The van der Waals surface area contributed by atoms with Gasteiger partial charge in [0.1, 0.15) is 11.6 Å². The van der Waals surface area contributed by atoms with Gasteiger partial charge in [0, 0.05) is 23.3 Å². The number of hydrogen-bond acceptors (Lipinski definition) is 4. The van der Waals surface area contributed by atoms with E-state index in [1.165, 1.54) is 12.1 Å². The molecule has 1 aliphatic heterocycles. The van der Waals surface area contributed by atoms with Crippen molar-refractivity contribution in [2.75, 3.05) is 17.3 Å². The highest BCUT2D eigenvalue weighted by molar-refractivity contribution is 6.12. The van der Waals surface area contributed by atoms with Crippen LogP contribution in [-0.4, -0.2) is 18.8 Å². The SMILES string of the molecule is COc1cccc([C@@H]2CC(=O)C3=C(C2)Nc2ccccc2N(C(=O)c2ccccc2)[C@H]3c2ccc(F)cc2)c1. The van der Waals surface area contributed by atoms with E-state index >= 15 is 0 Å². The zero-order chi connectivity index (χ0) is 26.9. The molecule has 0 spiro atoms. The number of rotatable bonds is 4. The van der Waals surface area contributed by atoms with Crippen molar-refractivity contribution in [2.24, 2.45) is 0 Å². The summed E-state index contributed by atoms with van der Waals surface area (Å²) in [4.78, 5) is 29.9. The first-order chi connectivity index (χ1) is 19.0. The van der Waals surface area contributed by atoms with Crippen LogP contribution >= 0.6 is 0 Å². The molecule has 2 atom stereocenters. The van der Waals surface area contributed by atoms with E-state index in [1.54, 1.807) is 36.3 Å². The highest BCUT2D eigenvalue weighted by atomic mass is 19.1. The minimum absolute atomic E-state index is 0.0513. The topological polar surface area (TPSA) is 58.6 Å². The van der Waals surface area contributed by atoms with Crippen molar-refractivity contribution in [3.8, 4) is 5.75 Å². The second-order valence-electron chi connectivity index (χ2n) is 9.83. The van der Waals surface area contributed by atoms with Crippen LogP contribution in [0.5, 0.6) is 5.75 Å². The van der Waals surface area contributed by atoms with Crippen LogP contribution < -0.4 is 15.0 Å². The third kappa shape index (κ3) is 4.59. The Hall–Kier alpha value is -4.71. The second kappa shape index (κ2) is 10.2. The maximum absolute atomic E-state index is 14.2. The average Bonchev–Trinajstić information content (AvgIpc) is 3.12. The number of halogens is 1. The summed E-state index contributed by atoms with van der Waals surface area (Å²) < 4.78 is 19.4. The fourth-order valence-corrected chi connectivity index (χ4v) is 5.63. The highest BCUT2D eigenvalue weighted by Gasteiger charge is 2.41. The van der Waals surface area contributed by atoms with E-state index in [9.17, 15) is 14.0 Å². The van der Waals surface area contributed by atoms with Crippen LogP contribution in [0.3, 0.4) is 0 Å². The smallest absolute Gasteiger partial charge is 0.259 e. The predicted octanol–water partition coefficient (Wildman–Crippen LogP) is 7.05. The van der Waals surface area contributed by atoms with Gasteiger partial charge in [0.2, 0.25) is 0 Å². The molecule has 5 nitrogen and oxygen atoms in total. The number of nitrogens with one attached hydrogen (secondary N) is 1. The largest absolute Gasteiger partial charge is 0.497 e. The number of Topliss-reactive ketones (excluding diaryl/α,β-unsaturated/α-hetero) is 1. The molecule has 0 unspecified atom stereocenters. The number of nitrogens with zero attached hydrogens (tertiary/aromatic N) is 1. The Morgan fingerprint density at radius 1 is 0.872 bits per heavy atom. The van der Waals surface area contributed by atoms with E-state index in [-0.39, 0.29) is 29.8 Å². The van der Waals surface area contributed by atoms with E-state index in [1.807, 2.05) is 66.7 Å². The molecule has 1 amide bonds. The van der Waals surface area contributed by atoms with Crippen molar-refractivity contribution in [1.29, 1.82) is 0 Å². The number of ketones is 1. The Bertz CT molecular complexity index is 1580. The Labute approximate surface area is 226 Å². The summed E-state index contributed by atoms with van der Waals surface area (Å²) in [5.74, 6) is 0.00766. The zero-order valence-electron chi connectivity index (χ0n) is 21.4. The van der Waals surface area contributed by atoms with E-state index < -0.39 is 6.04 Å². The molecular weight excluding hydrogens is 491 g/mol. The van der Waals surface area contributed by atoms with Crippen molar-refractivity contribution in [2.45, 2.75) is 24.8 Å². The van der Waals surface area contributed by atoms with Crippen LogP contribution in [0.1, 0.15) is 46.3 Å². The van der Waals surface area contributed by atoms with Crippen LogP contribution in [-0.2, 0) is 4.79 Å². The van der Waals surface area contributed by atoms with Gasteiger partial charge < -0.3 is 10.1 Å². The molecule has 194 valence electrons. The van der Waals surface area contributed by atoms with E-state index in [4.69, 9.17) is 4.74 Å². The molecule has 4 aromatic carbocycles. The van der Waals surface area contributed by atoms with Crippen molar-refractivity contribution in [1.82, 2.24) is 0 Å². The number of benzene rings is 4. The Balaban J connectivity index is 1.54. The van der Waals surface area contributed by atoms with Gasteiger partial charge in [0.05, 0.1) is 24.5 Å². The zero-order valence-corrected chi connectivity index (χ0v) is 21.4. The maximum Gasteiger partial charge on any atom is 0.259 e. The number of allylic oxidation sites excluding steroid dienone is 1. The molecule has 2 aliphatic rings. The first kappa shape index (κ1) is 24.6. The maximum atomic E-state index is 14.2. The lowest BCUT2D eigenvalue weighted by Gasteiger charge is -2.35. The minimum atomic E-state index is -0.733. The van der Waals surface area contributed by atoms with E-state index in [0.29, 0.717) is 28.8 Å². The Morgan fingerprint density at radius 2 is 1.62 bits per heavy atom. The van der Waals surface area contributed by atoms with Crippen LogP contribution in [0.2, 0.25) is 0 Å². The van der Waals surface area contributed by atoms with Gasteiger partial charge in [0.15, 0.2) is 5.78 Å². The van der Waals surface area contributed by atoms with Gasteiger partial charge in [-0.15, -0.1) is 0 Å². The van der Waals surface area contributed by atoms with Gasteiger partial charge in [-0.25, -0.2) is 4.39 Å². The molecule has 39 heavy (non-hydrogen) atoms. The lowest BCUT2D eigenvalue weighted by molar-refractivity contribution is -0.116. The number of para-hydroxylation sites is 2. The normalized spacial score (nSPS) is 18.5. The van der Waals surface area contributed by atoms with Crippen LogP contribution in [0.4, 0.5) is 15.8 Å². The summed E-state index contributed by atoms with van der Waals surface area (Å²) in [7, 11) is 1.63. The second-order valence-corrected chi connectivity index (χ2v) is 9.83. The Kier molecular flexibility index (Phi) is 6.45. The number of carbonyl (C=O) groups is 2. The standard InChI is InChI=1S/C33H27FN2O3/c1-39-26-11-7-10-23(18-26)24-19-28-31(30(37)20-24)32(21-14-16-25(34)17-15-21)36(29-13-6-5-12-27(29)35-28)33(38)22-8-3-2-4-9-22/h2-18,24,32,35H,19-20H2,1H3/t24-,32-/m0/s1. The first-order valence-electron chi connectivity index (χ1n) is 12.9. The monoisotopic (exact) mass is 518 g/mol. The van der Waals surface area contributed by atoms with Crippen molar-refractivity contribution in [3.63, 3.8) is 0 Å². The van der Waals surface area contributed by atoms with Gasteiger partial charge in [-0.2, -0.15) is 0 Å². The Morgan fingerprint density at radius 3 is 2.38 bits per heavy atom. The van der Waals surface area contributed by atoms with Crippen molar-refractivity contribution >= 4 is 23.1 Å². The third-order valence-corrected chi connectivity index (χ3v) is 7.48. The predicted molar refractivity (Wildman–Crippen MR) is 149 cm³/mol. The van der Waals surface area contributed by atoms with Crippen molar-refractivity contribution < 1.29 is 18.7 Å². The van der Waals surface area contributed by atoms with Gasteiger partial charge >= 0.3 is 0 Å². The number of fused-ring (bicyclic) bond motifs is 1. The fourth-order valence-electron chi connectivity index (χ4n) is 5.63. The number of ether oxygens (including phenoxy) is 1. The fraction of sp³-hybridized carbons (Fsp3) is 0.152. The van der Waals surface area contributed by atoms with Gasteiger partial charge in [0.25, 0.3) is 5.91 Å². The molecule has 1 heterocycles. The minimum Gasteiger partial charge on any atom is -0.497 e. The molecule has 6 rings (SSSR count). The molecule has 0 bridgehead atoms. The summed E-state index contributed by atoms with van der Waals surface area (Å²) in [5, 5.41) is 3.53. The molecule has 0 saturated carbocycles. The molecule has 0 aromatic heterocycles. The van der Waals surface area contributed by atoms with Crippen LogP contribution in [0, 0.1) is 5.82 Å².